The lowest BCUT2D eigenvalue weighted by atomic mass is 10.1. The Morgan fingerprint density at radius 1 is 1.00 bits per heavy atom. The van der Waals surface area contributed by atoms with Gasteiger partial charge in [0.05, 0.1) is 15.7 Å². The summed E-state index contributed by atoms with van der Waals surface area (Å²) in [6.45, 7) is 1.96. The molecule has 0 fully saturated rings. The van der Waals surface area contributed by atoms with Crippen LogP contribution in [0.1, 0.15) is 11.1 Å². The maximum absolute atomic E-state index is 9.92. The van der Waals surface area contributed by atoms with Crippen LogP contribution >= 0.6 is 23.2 Å². The van der Waals surface area contributed by atoms with Gasteiger partial charge >= 0.3 is 0 Å². The quantitative estimate of drug-likeness (QED) is 0.398. The fourth-order valence-electron chi connectivity index (χ4n) is 2.67. The molecule has 0 atom stereocenters. The van der Waals surface area contributed by atoms with E-state index in [0.717, 1.165) is 11.1 Å². The Balaban J connectivity index is 1.67. The highest BCUT2D eigenvalue weighted by Gasteiger charge is 2.10. The van der Waals surface area contributed by atoms with Gasteiger partial charge in [-0.05, 0) is 55.5 Å². The first-order valence-corrected chi connectivity index (χ1v) is 8.95. The summed E-state index contributed by atoms with van der Waals surface area (Å²) in [7, 11) is 0. The number of rotatable bonds is 3. The minimum absolute atomic E-state index is 0.189. The third-order valence-electron chi connectivity index (χ3n) is 4.07. The van der Waals surface area contributed by atoms with Crippen molar-refractivity contribution in [2.75, 3.05) is 0 Å². The Morgan fingerprint density at radius 2 is 1.85 bits per heavy atom. The van der Waals surface area contributed by atoms with Gasteiger partial charge in [0, 0.05) is 17.3 Å². The molecule has 6 heteroatoms. The molecule has 0 aliphatic heterocycles. The van der Waals surface area contributed by atoms with E-state index in [9.17, 15) is 5.11 Å². The number of nitrogens with zero attached hydrogens (tertiary/aromatic N) is 2. The molecule has 1 heterocycles. The number of hydrogen-bond acceptors (Lipinski definition) is 4. The van der Waals surface area contributed by atoms with Crippen LogP contribution < -0.4 is 0 Å². The molecular formula is C21H14Cl2N2O2. The van der Waals surface area contributed by atoms with E-state index in [0.29, 0.717) is 38.3 Å². The number of aryl methyl sites for hydroxylation is 1. The Hall–Kier alpha value is -2.82. The van der Waals surface area contributed by atoms with Crippen LogP contribution in [0.15, 0.2) is 64.0 Å². The maximum Gasteiger partial charge on any atom is 0.227 e. The lowest BCUT2D eigenvalue weighted by Gasteiger charge is -2.00. The maximum atomic E-state index is 9.92. The van der Waals surface area contributed by atoms with Crippen LogP contribution in [0.25, 0.3) is 22.6 Å². The highest BCUT2D eigenvalue weighted by Crippen LogP contribution is 2.31. The Kier molecular flexibility index (Phi) is 4.60. The van der Waals surface area contributed by atoms with Crippen LogP contribution in [0.2, 0.25) is 10.0 Å². The van der Waals surface area contributed by atoms with Gasteiger partial charge in [-0.25, -0.2) is 4.98 Å². The average molecular weight is 397 g/mol. The van der Waals surface area contributed by atoms with Gasteiger partial charge in [0.25, 0.3) is 0 Å². The van der Waals surface area contributed by atoms with E-state index < -0.39 is 0 Å². The van der Waals surface area contributed by atoms with Crippen LogP contribution in [0, 0.1) is 6.92 Å². The van der Waals surface area contributed by atoms with E-state index in [1.807, 2.05) is 37.3 Å². The third-order valence-corrected chi connectivity index (χ3v) is 4.81. The number of aromatic hydroxyl groups is 1. The standard InChI is InChI=1S/C21H14Cl2N2O2/c1-12-2-6-19(26)14(8-12)11-24-15-4-7-20-18(10-15)25-21(27-20)13-3-5-16(22)17(23)9-13/h2-11,26H,1H3. The van der Waals surface area contributed by atoms with Crippen molar-refractivity contribution >= 4 is 46.2 Å². The number of halogens is 2. The fourth-order valence-corrected chi connectivity index (χ4v) is 2.97. The highest BCUT2D eigenvalue weighted by molar-refractivity contribution is 6.42. The molecule has 4 aromatic rings. The van der Waals surface area contributed by atoms with Crippen LogP contribution in [-0.4, -0.2) is 16.3 Å². The van der Waals surface area contributed by atoms with E-state index in [1.165, 1.54) is 0 Å². The normalized spacial score (nSPS) is 11.5. The second-order valence-corrected chi connectivity index (χ2v) is 6.93. The molecule has 27 heavy (non-hydrogen) atoms. The molecule has 0 saturated heterocycles. The summed E-state index contributed by atoms with van der Waals surface area (Å²) in [4.78, 5) is 8.94. The lowest BCUT2D eigenvalue weighted by molar-refractivity contribution is 0.474. The molecule has 1 aromatic heterocycles. The highest BCUT2D eigenvalue weighted by atomic mass is 35.5. The van der Waals surface area contributed by atoms with Crippen molar-refractivity contribution in [3.05, 3.63) is 75.8 Å². The number of fused-ring (bicyclic) bond motifs is 1. The molecule has 3 aromatic carbocycles. The minimum atomic E-state index is 0.189. The molecule has 0 unspecified atom stereocenters. The van der Waals surface area contributed by atoms with Crippen molar-refractivity contribution < 1.29 is 9.52 Å². The zero-order valence-corrected chi connectivity index (χ0v) is 15.8. The van der Waals surface area contributed by atoms with Gasteiger partial charge in [0.1, 0.15) is 11.3 Å². The number of aliphatic imine (C=N–C) groups is 1. The first-order valence-electron chi connectivity index (χ1n) is 8.19. The van der Waals surface area contributed by atoms with Gasteiger partial charge in [-0.15, -0.1) is 0 Å². The van der Waals surface area contributed by atoms with Crippen LogP contribution in [0.4, 0.5) is 5.69 Å². The van der Waals surface area contributed by atoms with Gasteiger partial charge in [-0.2, -0.15) is 0 Å². The summed E-state index contributed by atoms with van der Waals surface area (Å²) in [5.74, 6) is 0.648. The van der Waals surface area contributed by atoms with E-state index in [-0.39, 0.29) is 5.75 Å². The lowest BCUT2D eigenvalue weighted by Crippen LogP contribution is -1.83. The smallest absolute Gasteiger partial charge is 0.227 e. The summed E-state index contributed by atoms with van der Waals surface area (Å²) in [5, 5.41) is 10.8. The topological polar surface area (TPSA) is 58.6 Å². The zero-order chi connectivity index (χ0) is 19.0. The second-order valence-electron chi connectivity index (χ2n) is 6.12. The number of hydrogen-bond donors (Lipinski definition) is 1. The van der Waals surface area contributed by atoms with Crippen LogP contribution in [0.3, 0.4) is 0 Å². The largest absolute Gasteiger partial charge is 0.507 e. The Morgan fingerprint density at radius 3 is 2.67 bits per heavy atom. The van der Waals surface area contributed by atoms with E-state index >= 15 is 0 Å². The van der Waals surface area contributed by atoms with Crippen molar-refractivity contribution in [1.29, 1.82) is 0 Å². The fraction of sp³-hybridized carbons (Fsp3) is 0.0476. The van der Waals surface area contributed by atoms with E-state index in [1.54, 1.807) is 30.5 Å². The number of phenolic OH excluding ortho intramolecular Hbond substituents is 1. The van der Waals surface area contributed by atoms with Crippen molar-refractivity contribution in [3.8, 4) is 17.2 Å². The molecule has 4 rings (SSSR count). The summed E-state index contributed by atoms with van der Waals surface area (Å²) < 4.78 is 5.80. The first kappa shape index (κ1) is 17.6. The third kappa shape index (κ3) is 3.68. The number of phenols is 1. The molecule has 0 aliphatic rings. The molecule has 4 nitrogen and oxygen atoms in total. The average Bonchev–Trinajstić information content (AvgIpc) is 3.08. The predicted octanol–water partition coefficient (Wildman–Crippen LogP) is 6.57. The number of oxazole rings is 1. The van der Waals surface area contributed by atoms with Crippen LogP contribution in [0.5, 0.6) is 5.75 Å². The molecule has 0 bridgehead atoms. The number of aromatic nitrogens is 1. The van der Waals surface area contributed by atoms with Crippen molar-refractivity contribution in [2.24, 2.45) is 4.99 Å². The molecule has 134 valence electrons. The SMILES string of the molecule is Cc1ccc(O)c(C=Nc2ccc3oc(-c4ccc(Cl)c(Cl)c4)nc3c2)c1. The summed E-state index contributed by atoms with van der Waals surface area (Å²) >= 11 is 12.0. The Labute approximate surface area is 165 Å². The van der Waals surface area contributed by atoms with E-state index in [2.05, 4.69) is 9.98 Å². The molecule has 0 saturated carbocycles. The van der Waals surface area contributed by atoms with Crippen molar-refractivity contribution in [3.63, 3.8) is 0 Å². The van der Waals surface area contributed by atoms with Crippen LogP contribution in [-0.2, 0) is 0 Å². The molecule has 0 spiro atoms. The van der Waals surface area contributed by atoms with Gasteiger partial charge in [-0.3, -0.25) is 4.99 Å². The van der Waals surface area contributed by atoms with Crippen molar-refractivity contribution in [1.82, 2.24) is 4.98 Å². The monoisotopic (exact) mass is 396 g/mol. The van der Waals surface area contributed by atoms with Gasteiger partial charge < -0.3 is 9.52 Å². The molecule has 0 radical (unpaired) electrons. The Bertz CT molecular complexity index is 1180. The van der Waals surface area contributed by atoms with Gasteiger partial charge in [-0.1, -0.05) is 34.8 Å². The minimum Gasteiger partial charge on any atom is -0.507 e. The van der Waals surface area contributed by atoms with E-state index in [4.69, 9.17) is 27.6 Å². The molecule has 1 N–H and O–H groups in total. The first-order chi connectivity index (χ1) is 13.0. The second kappa shape index (κ2) is 7.06. The summed E-state index contributed by atoms with van der Waals surface area (Å²) in [6, 6.07) is 16.1. The summed E-state index contributed by atoms with van der Waals surface area (Å²) in [6.07, 6.45) is 1.63. The molecule has 0 amide bonds. The molecular weight excluding hydrogens is 383 g/mol. The molecule has 0 aliphatic carbocycles. The van der Waals surface area contributed by atoms with Gasteiger partial charge in [0.15, 0.2) is 5.58 Å². The predicted molar refractivity (Wildman–Crippen MR) is 110 cm³/mol. The zero-order valence-electron chi connectivity index (χ0n) is 14.3. The summed E-state index contributed by atoms with van der Waals surface area (Å²) in [5.41, 5.74) is 4.49. The number of benzene rings is 3. The van der Waals surface area contributed by atoms with Gasteiger partial charge in [0.2, 0.25) is 5.89 Å². The van der Waals surface area contributed by atoms with Crippen molar-refractivity contribution in [2.45, 2.75) is 6.92 Å².